The second kappa shape index (κ2) is 5.31. The molecular formula is C14H7Br2ClN2O. The maximum atomic E-state index is 12.6. The highest BCUT2D eigenvalue weighted by molar-refractivity contribution is 9.10. The van der Waals surface area contributed by atoms with Gasteiger partial charge < -0.3 is 4.98 Å². The van der Waals surface area contributed by atoms with Crippen LogP contribution in [-0.2, 0) is 0 Å². The van der Waals surface area contributed by atoms with Crippen LogP contribution in [0.1, 0.15) is 15.9 Å². The summed E-state index contributed by atoms with van der Waals surface area (Å²) >= 11 is 12.6. The van der Waals surface area contributed by atoms with Crippen LogP contribution < -0.4 is 0 Å². The zero-order valence-electron chi connectivity index (χ0n) is 9.95. The standard InChI is InChI=1S/C14H7Br2ClN2O/c15-7-3-10-11(6-19-14(10)18-5-7)13(20)9-2-1-8(17)4-12(9)16/h1-6H,(H,18,19). The number of ketones is 1. The Labute approximate surface area is 136 Å². The predicted octanol–water partition coefficient (Wildman–Crippen LogP) is 4.97. The fourth-order valence-corrected chi connectivity index (χ4v) is 3.18. The van der Waals surface area contributed by atoms with Crippen LogP contribution in [0.2, 0.25) is 5.02 Å². The number of H-pyrrole nitrogens is 1. The van der Waals surface area contributed by atoms with Crippen molar-refractivity contribution in [3.63, 3.8) is 0 Å². The van der Waals surface area contributed by atoms with Crippen molar-refractivity contribution in [1.29, 1.82) is 0 Å². The van der Waals surface area contributed by atoms with Gasteiger partial charge in [-0.3, -0.25) is 4.79 Å². The minimum Gasteiger partial charge on any atom is -0.345 e. The molecule has 0 aliphatic rings. The number of aromatic nitrogens is 2. The van der Waals surface area contributed by atoms with Gasteiger partial charge >= 0.3 is 0 Å². The summed E-state index contributed by atoms with van der Waals surface area (Å²) in [5.74, 6) is -0.0836. The van der Waals surface area contributed by atoms with E-state index in [4.69, 9.17) is 11.6 Å². The summed E-state index contributed by atoms with van der Waals surface area (Å²) in [7, 11) is 0. The lowest BCUT2D eigenvalue weighted by molar-refractivity contribution is 0.103. The normalized spacial score (nSPS) is 10.9. The summed E-state index contributed by atoms with van der Waals surface area (Å²) in [5, 5.41) is 1.36. The minimum atomic E-state index is -0.0836. The van der Waals surface area contributed by atoms with Gasteiger partial charge in [-0.15, -0.1) is 0 Å². The summed E-state index contributed by atoms with van der Waals surface area (Å²) in [6.45, 7) is 0. The Morgan fingerprint density at radius 2 is 2.00 bits per heavy atom. The molecule has 3 rings (SSSR count). The van der Waals surface area contributed by atoms with Crippen LogP contribution >= 0.6 is 43.5 Å². The first kappa shape index (κ1) is 13.8. The smallest absolute Gasteiger partial charge is 0.196 e. The molecule has 20 heavy (non-hydrogen) atoms. The van der Waals surface area contributed by atoms with Gasteiger partial charge in [0, 0.05) is 42.9 Å². The van der Waals surface area contributed by atoms with E-state index >= 15 is 0 Å². The van der Waals surface area contributed by atoms with Crippen LogP contribution in [0.3, 0.4) is 0 Å². The van der Waals surface area contributed by atoms with Gasteiger partial charge in [0.05, 0.1) is 0 Å². The lowest BCUT2D eigenvalue weighted by Crippen LogP contribution is -2.01. The molecule has 0 fully saturated rings. The Kier molecular flexibility index (Phi) is 3.67. The molecule has 1 aromatic carbocycles. The fraction of sp³-hybridized carbons (Fsp3) is 0. The summed E-state index contributed by atoms with van der Waals surface area (Å²) in [6, 6.07) is 6.98. The molecule has 0 amide bonds. The van der Waals surface area contributed by atoms with Crippen LogP contribution in [0, 0.1) is 0 Å². The molecule has 0 unspecified atom stereocenters. The molecule has 2 heterocycles. The van der Waals surface area contributed by atoms with Crippen molar-refractivity contribution < 1.29 is 4.79 Å². The molecule has 1 N–H and O–H groups in total. The number of benzene rings is 1. The molecule has 3 aromatic rings. The number of aromatic amines is 1. The van der Waals surface area contributed by atoms with Gasteiger partial charge in [-0.25, -0.2) is 4.98 Å². The van der Waals surface area contributed by atoms with Gasteiger partial charge in [0.25, 0.3) is 0 Å². The lowest BCUT2D eigenvalue weighted by Gasteiger charge is -2.03. The maximum Gasteiger partial charge on any atom is 0.196 e. The third-order valence-corrected chi connectivity index (χ3v) is 4.24. The quantitative estimate of drug-likeness (QED) is 0.602. The number of carbonyl (C=O) groups is 1. The molecule has 0 saturated carbocycles. The zero-order valence-corrected chi connectivity index (χ0v) is 13.9. The highest BCUT2D eigenvalue weighted by atomic mass is 79.9. The Morgan fingerprint density at radius 1 is 1.20 bits per heavy atom. The van der Waals surface area contributed by atoms with Gasteiger partial charge in [0.1, 0.15) is 5.65 Å². The first-order valence-electron chi connectivity index (χ1n) is 5.68. The molecule has 0 aliphatic carbocycles. The number of nitrogens with zero attached hydrogens (tertiary/aromatic N) is 1. The topological polar surface area (TPSA) is 45.8 Å². The van der Waals surface area contributed by atoms with E-state index in [1.807, 2.05) is 6.07 Å². The fourth-order valence-electron chi connectivity index (χ4n) is 1.98. The van der Waals surface area contributed by atoms with Gasteiger partial charge in [-0.1, -0.05) is 11.6 Å². The molecule has 0 spiro atoms. The SMILES string of the molecule is O=C(c1ccc(Cl)cc1Br)c1c[nH]c2ncc(Br)cc12. The van der Waals surface area contributed by atoms with Crippen molar-refractivity contribution >= 4 is 60.3 Å². The van der Waals surface area contributed by atoms with Crippen LogP contribution in [0.4, 0.5) is 0 Å². The molecule has 6 heteroatoms. The average molecular weight is 414 g/mol. The monoisotopic (exact) mass is 412 g/mol. The molecule has 3 nitrogen and oxygen atoms in total. The van der Waals surface area contributed by atoms with Crippen molar-refractivity contribution in [2.75, 3.05) is 0 Å². The molecule has 0 bridgehead atoms. The number of nitrogens with one attached hydrogen (secondary N) is 1. The van der Waals surface area contributed by atoms with E-state index in [0.29, 0.717) is 26.3 Å². The number of hydrogen-bond acceptors (Lipinski definition) is 2. The van der Waals surface area contributed by atoms with Gasteiger partial charge in [-0.05, 0) is 56.1 Å². The molecule has 0 atom stereocenters. The van der Waals surface area contributed by atoms with E-state index in [-0.39, 0.29) is 5.78 Å². The molecular weight excluding hydrogens is 407 g/mol. The molecule has 2 aromatic heterocycles. The van der Waals surface area contributed by atoms with E-state index in [1.54, 1.807) is 30.6 Å². The van der Waals surface area contributed by atoms with Crippen molar-refractivity contribution in [1.82, 2.24) is 9.97 Å². The Balaban J connectivity index is 2.15. The number of halogens is 3. The van der Waals surface area contributed by atoms with E-state index in [2.05, 4.69) is 41.8 Å². The Morgan fingerprint density at radius 3 is 2.75 bits per heavy atom. The molecule has 0 aliphatic heterocycles. The highest BCUT2D eigenvalue weighted by Crippen LogP contribution is 2.27. The number of hydrogen-bond donors (Lipinski definition) is 1. The number of carbonyl (C=O) groups excluding carboxylic acids is 1. The summed E-state index contributed by atoms with van der Waals surface area (Å²) in [6.07, 6.45) is 3.36. The summed E-state index contributed by atoms with van der Waals surface area (Å²) in [4.78, 5) is 19.9. The average Bonchev–Trinajstić information content (AvgIpc) is 2.81. The van der Waals surface area contributed by atoms with Gasteiger partial charge in [0.15, 0.2) is 5.78 Å². The van der Waals surface area contributed by atoms with Crippen molar-refractivity contribution in [2.24, 2.45) is 0 Å². The third-order valence-electron chi connectivity index (χ3n) is 2.92. The molecule has 0 saturated heterocycles. The molecule has 0 radical (unpaired) electrons. The summed E-state index contributed by atoms with van der Waals surface area (Å²) < 4.78 is 1.50. The van der Waals surface area contributed by atoms with Gasteiger partial charge in [-0.2, -0.15) is 0 Å². The van der Waals surface area contributed by atoms with Crippen LogP contribution in [-0.4, -0.2) is 15.8 Å². The van der Waals surface area contributed by atoms with Crippen LogP contribution in [0.5, 0.6) is 0 Å². The van der Waals surface area contributed by atoms with E-state index in [0.717, 1.165) is 9.86 Å². The van der Waals surface area contributed by atoms with Crippen molar-refractivity contribution in [3.8, 4) is 0 Å². The van der Waals surface area contributed by atoms with E-state index in [9.17, 15) is 4.79 Å². The number of fused-ring (bicyclic) bond motifs is 1. The van der Waals surface area contributed by atoms with E-state index in [1.165, 1.54) is 0 Å². The Hall–Kier alpha value is -1.17. The predicted molar refractivity (Wildman–Crippen MR) is 86.4 cm³/mol. The zero-order chi connectivity index (χ0) is 14.3. The van der Waals surface area contributed by atoms with Crippen LogP contribution in [0.25, 0.3) is 11.0 Å². The number of pyridine rings is 1. The second-order valence-electron chi connectivity index (χ2n) is 4.21. The van der Waals surface area contributed by atoms with Gasteiger partial charge in [0.2, 0.25) is 0 Å². The lowest BCUT2D eigenvalue weighted by atomic mass is 10.0. The largest absolute Gasteiger partial charge is 0.345 e. The maximum absolute atomic E-state index is 12.6. The van der Waals surface area contributed by atoms with E-state index < -0.39 is 0 Å². The van der Waals surface area contributed by atoms with Crippen molar-refractivity contribution in [2.45, 2.75) is 0 Å². The highest BCUT2D eigenvalue weighted by Gasteiger charge is 2.17. The van der Waals surface area contributed by atoms with Crippen molar-refractivity contribution in [3.05, 3.63) is 61.8 Å². The number of rotatable bonds is 2. The first-order valence-corrected chi connectivity index (χ1v) is 7.65. The first-order chi connectivity index (χ1) is 9.56. The molecule has 100 valence electrons. The Bertz CT molecular complexity index is 829. The second-order valence-corrected chi connectivity index (χ2v) is 6.41. The van der Waals surface area contributed by atoms with Crippen LogP contribution in [0.15, 0.2) is 45.6 Å². The minimum absolute atomic E-state index is 0.0836. The third kappa shape index (κ3) is 2.41. The summed E-state index contributed by atoms with van der Waals surface area (Å²) in [5.41, 5.74) is 1.83.